The van der Waals surface area contributed by atoms with E-state index in [2.05, 4.69) is 10.6 Å². The Hall–Kier alpha value is -2.32. The van der Waals surface area contributed by atoms with Crippen LogP contribution in [0.15, 0.2) is 0 Å². The summed E-state index contributed by atoms with van der Waals surface area (Å²) >= 11 is 0. The third-order valence-corrected chi connectivity index (χ3v) is 4.18. The molecule has 1 fully saturated rings. The molecule has 1 aliphatic rings. The summed E-state index contributed by atoms with van der Waals surface area (Å²) in [6.45, 7) is 10.5. The lowest BCUT2D eigenvalue weighted by atomic mass is 10.0. The van der Waals surface area contributed by atoms with Crippen LogP contribution in [0.2, 0.25) is 0 Å². The normalized spacial score (nSPS) is 19.4. The number of carboxylic acid groups (broad SMARTS) is 1. The van der Waals surface area contributed by atoms with Gasteiger partial charge < -0.3 is 25.4 Å². The molecular formula is C18H31N3O6. The number of carbonyl (C=O) groups excluding carboxylic acids is 3. The first-order chi connectivity index (χ1) is 12.3. The standard InChI is InChI=1S/C18H31N3O6/c1-10(2)13(15(23)21-9-7-8-12(21)16(24)25)20-14(22)11(3)19-17(26)27-18(4,5)6/h10-13H,7-9H2,1-6H3,(H,19,26)(H,20,22)(H,24,25)/t11-,12-,13-/m0/s1. The van der Waals surface area contributed by atoms with Crippen LogP contribution in [0.1, 0.15) is 54.4 Å². The summed E-state index contributed by atoms with van der Waals surface area (Å²) in [7, 11) is 0. The fourth-order valence-electron chi connectivity index (χ4n) is 2.81. The van der Waals surface area contributed by atoms with Crippen LogP contribution in [0.4, 0.5) is 4.79 Å². The molecule has 9 heteroatoms. The van der Waals surface area contributed by atoms with Crippen LogP contribution >= 0.6 is 0 Å². The summed E-state index contributed by atoms with van der Waals surface area (Å²) in [6.07, 6.45) is 0.275. The molecule has 3 atom stereocenters. The second-order valence-electron chi connectivity index (χ2n) is 8.13. The van der Waals surface area contributed by atoms with E-state index in [-0.39, 0.29) is 5.92 Å². The van der Waals surface area contributed by atoms with E-state index in [1.54, 1.807) is 34.6 Å². The first-order valence-electron chi connectivity index (χ1n) is 9.16. The number of likely N-dealkylation sites (tertiary alicyclic amines) is 1. The fraction of sp³-hybridized carbons (Fsp3) is 0.778. The van der Waals surface area contributed by atoms with Gasteiger partial charge in [0.25, 0.3) is 0 Å². The average molecular weight is 385 g/mol. The molecule has 3 N–H and O–H groups in total. The van der Waals surface area contributed by atoms with Crippen molar-refractivity contribution in [3.63, 3.8) is 0 Å². The largest absolute Gasteiger partial charge is 0.480 e. The Morgan fingerprint density at radius 2 is 1.70 bits per heavy atom. The smallest absolute Gasteiger partial charge is 0.408 e. The number of hydrogen-bond donors (Lipinski definition) is 3. The van der Waals surface area contributed by atoms with E-state index in [1.165, 1.54) is 11.8 Å². The van der Waals surface area contributed by atoms with Gasteiger partial charge in [0, 0.05) is 6.54 Å². The monoisotopic (exact) mass is 385 g/mol. The first-order valence-corrected chi connectivity index (χ1v) is 9.16. The number of ether oxygens (including phenoxy) is 1. The van der Waals surface area contributed by atoms with Crippen molar-refractivity contribution >= 4 is 23.9 Å². The van der Waals surface area contributed by atoms with Gasteiger partial charge in [0.05, 0.1) is 0 Å². The molecule has 0 unspecified atom stereocenters. The van der Waals surface area contributed by atoms with Crippen molar-refractivity contribution in [1.29, 1.82) is 0 Å². The highest BCUT2D eigenvalue weighted by molar-refractivity contribution is 5.93. The molecule has 0 aromatic heterocycles. The van der Waals surface area contributed by atoms with Crippen molar-refractivity contribution < 1.29 is 29.0 Å². The van der Waals surface area contributed by atoms with Crippen molar-refractivity contribution in [2.45, 2.75) is 78.1 Å². The predicted octanol–water partition coefficient (Wildman–Crippen LogP) is 1.12. The fourth-order valence-corrected chi connectivity index (χ4v) is 2.81. The SMILES string of the molecule is CC(C)[C@H](NC(=O)[C@H](C)NC(=O)OC(C)(C)C)C(=O)N1CCC[C@H]1C(=O)O. The Labute approximate surface area is 159 Å². The summed E-state index contributed by atoms with van der Waals surface area (Å²) < 4.78 is 5.11. The molecule has 1 saturated heterocycles. The Morgan fingerprint density at radius 3 is 2.19 bits per heavy atom. The molecular weight excluding hydrogens is 354 g/mol. The van der Waals surface area contributed by atoms with Crippen LogP contribution in [0.5, 0.6) is 0 Å². The molecule has 0 aromatic rings. The topological polar surface area (TPSA) is 125 Å². The number of nitrogens with zero attached hydrogens (tertiary/aromatic N) is 1. The molecule has 27 heavy (non-hydrogen) atoms. The lowest BCUT2D eigenvalue weighted by Gasteiger charge is -2.30. The summed E-state index contributed by atoms with van der Waals surface area (Å²) in [5.74, 6) is -2.26. The van der Waals surface area contributed by atoms with Crippen molar-refractivity contribution in [3.05, 3.63) is 0 Å². The Kier molecular flexibility index (Phi) is 7.62. The predicted molar refractivity (Wildman–Crippen MR) is 98.0 cm³/mol. The highest BCUT2D eigenvalue weighted by Crippen LogP contribution is 2.20. The van der Waals surface area contributed by atoms with E-state index in [1.807, 2.05) is 0 Å². The molecule has 0 aromatic carbocycles. The van der Waals surface area contributed by atoms with E-state index < -0.39 is 47.6 Å². The number of aliphatic carboxylic acids is 1. The van der Waals surface area contributed by atoms with E-state index in [0.717, 1.165) is 0 Å². The van der Waals surface area contributed by atoms with Gasteiger partial charge in [-0.05, 0) is 46.5 Å². The number of carboxylic acids is 1. The summed E-state index contributed by atoms with van der Waals surface area (Å²) in [5, 5.41) is 14.3. The Bertz CT molecular complexity index is 584. The highest BCUT2D eigenvalue weighted by Gasteiger charge is 2.39. The van der Waals surface area contributed by atoms with Crippen LogP contribution in [-0.4, -0.2) is 64.2 Å². The molecule has 0 saturated carbocycles. The summed E-state index contributed by atoms with van der Waals surface area (Å²) in [5.41, 5.74) is -0.696. The maximum atomic E-state index is 12.8. The number of carbonyl (C=O) groups is 4. The van der Waals surface area contributed by atoms with Crippen LogP contribution in [0, 0.1) is 5.92 Å². The minimum absolute atomic E-state index is 0.245. The van der Waals surface area contributed by atoms with Gasteiger partial charge in [0.1, 0.15) is 23.7 Å². The zero-order chi connectivity index (χ0) is 20.9. The zero-order valence-electron chi connectivity index (χ0n) is 16.9. The maximum absolute atomic E-state index is 12.8. The molecule has 0 radical (unpaired) electrons. The van der Waals surface area contributed by atoms with Crippen molar-refractivity contribution in [2.24, 2.45) is 5.92 Å². The number of hydrogen-bond acceptors (Lipinski definition) is 5. The van der Waals surface area contributed by atoms with E-state index in [0.29, 0.717) is 19.4 Å². The molecule has 3 amide bonds. The molecule has 9 nitrogen and oxygen atoms in total. The Balaban J connectivity index is 2.75. The van der Waals surface area contributed by atoms with E-state index in [4.69, 9.17) is 4.74 Å². The number of rotatable bonds is 6. The number of nitrogens with one attached hydrogen (secondary N) is 2. The minimum Gasteiger partial charge on any atom is -0.480 e. The van der Waals surface area contributed by atoms with Gasteiger partial charge in [0.2, 0.25) is 11.8 Å². The van der Waals surface area contributed by atoms with Crippen LogP contribution in [0.3, 0.4) is 0 Å². The maximum Gasteiger partial charge on any atom is 0.408 e. The zero-order valence-corrected chi connectivity index (χ0v) is 16.9. The summed E-state index contributed by atoms with van der Waals surface area (Å²) in [4.78, 5) is 49.7. The molecule has 1 rings (SSSR count). The second-order valence-corrected chi connectivity index (χ2v) is 8.13. The molecule has 1 heterocycles. The second kappa shape index (κ2) is 9.05. The van der Waals surface area contributed by atoms with Crippen molar-refractivity contribution in [1.82, 2.24) is 15.5 Å². The summed E-state index contributed by atoms with van der Waals surface area (Å²) in [6, 6.07) is -2.66. The lowest BCUT2D eigenvalue weighted by Crippen LogP contribution is -2.57. The molecule has 0 aliphatic carbocycles. The first kappa shape index (κ1) is 22.7. The molecule has 0 spiro atoms. The molecule has 154 valence electrons. The van der Waals surface area contributed by atoms with Gasteiger partial charge >= 0.3 is 12.1 Å². The van der Waals surface area contributed by atoms with Crippen molar-refractivity contribution in [3.8, 4) is 0 Å². The third kappa shape index (κ3) is 6.73. The number of alkyl carbamates (subject to hydrolysis) is 1. The average Bonchev–Trinajstić information content (AvgIpc) is 2.99. The van der Waals surface area contributed by atoms with Gasteiger partial charge in [-0.15, -0.1) is 0 Å². The minimum atomic E-state index is -1.05. The van der Waals surface area contributed by atoms with Gasteiger partial charge in [-0.1, -0.05) is 13.8 Å². The van der Waals surface area contributed by atoms with E-state index >= 15 is 0 Å². The number of amides is 3. The Morgan fingerprint density at radius 1 is 1.11 bits per heavy atom. The highest BCUT2D eigenvalue weighted by atomic mass is 16.6. The lowest BCUT2D eigenvalue weighted by molar-refractivity contribution is -0.150. The molecule has 1 aliphatic heterocycles. The van der Waals surface area contributed by atoms with Gasteiger partial charge in [-0.2, -0.15) is 0 Å². The van der Waals surface area contributed by atoms with Crippen molar-refractivity contribution in [2.75, 3.05) is 6.54 Å². The van der Waals surface area contributed by atoms with Gasteiger partial charge in [0.15, 0.2) is 0 Å². The third-order valence-electron chi connectivity index (χ3n) is 4.18. The quantitative estimate of drug-likeness (QED) is 0.629. The van der Waals surface area contributed by atoms with Crippen LogP contribution in [-0.2, 0) is 19.1 Å². The van der Waals surface area contributed by atoms with Crippen LogP contribution in [0.25, 0.3) is 0 Å². The van der Waals surface area contributed by atoms with Gasteiger partial charge in [-0.25, -0.2) is 9.59 Å². The molecule has 0 bridgehead atoms. The van der Waals surface area contributed by atoms with E-state index in [9.17, 15) is 24.3 Å². The van der Waals surface area contributed by atoms with Gasteiger partial charge in [-0.3, -0.25) is 9.59 Å². The van der Waals surface area contributed by atoms with Crippen LogP contribution < -0.4 is 10.6 Å².